The van der Waals surface area contributed by atoms with E-state index in [1.54, 1.807) is 17.5 Å². The van der Waals surface area contributed by atoms with E-state index in [2.05, 4.69) is 15.6 Å². The summed E-state index contributed by atoms with van der Waals surface area (Å²) in [6, 6.07) is 13.3. The summed E-state index contributed by atoms with van der Waals surface area (Å²) in [5, 5.41) is 7.95. The topological polar surface area (TPSA) is 93.5 Å². The molecular weight excluding hydrogens is 354 g/mol. The number of ether oxygens (including phenoxy) is 1. The predicted octanol–water partition coefficient (Wildman–Crippen LogP) is 2.82. The van der Waals surface area contributed by atoms with Crippen LogP contribution >= 0.6 is 11.3 Å². The average molecular weight is 371 g/mol. The lowest BCUT2D eigenvalue weighted by Gasteiger charge is -2.04. The molecule has 0 radical (unpaired) electrons. The molecule has 2 N–H and O–H groups in total. The van der Waals surface area contributed by atoms with Crippen molar-refractivity contribution >= 4 is 28.3 Å². The fourth-order valence-corrected chi connectivity index (χ4v) is 2.76. The van der Waals surface area contributed by atoms with E-state index in [0.717, 1.165) is 5.56 Å². The zero-order valence-corrected chi connectivity index (χ0v) is 14.6. The zero-order chi connectivity index (χ0) is 18.2. The molecule has 0 saturated heterocycles. The van der Waals surface area contributed by atoms with Gasteiger partial charge in [-0.15, -0.1) is 11.3 Å². The third-order valence-corrected chi connectivity index (χ3v) is 4.17. The molecule has 0 aliphatic carbocycles. The first-order valence-corrected chi connectivity index (χ1v) is 8.78. The van der Waals surface area contributed by atoms with Gasteiger partial charge in [0.1, 0.15) is 5.76 Å². The van der Waals surface area contributed by atoms with Gasteiger partial charge in [-0.2, -0.15) is 0 Å². The van der Waals surface area contributed by atoms with Gasteiger partial charge in [-0.1, -0.05) is 30.3 Å². The van der Waals surface area contributed by atoms with Gasteiger partial charge in [0.15, 0.2) is 17.4 Å². The number of benzene rings is 1. The number of thiazole rings is 1. The monoisotopic (exact) mass is 371 g/mol. The van der Waals surface area contributed by atoms with E-state index in [9.17, 15) is 9.59 Å². The molecule has 26 heavy (non-hydrogen) atoms. The average Bonchev–Trinajstić information content (AvgIpc) is 3.35. The van der Waals surface area contributed by atoms with Crippen molar-refractivity contribution in [1.29, 1.82) is 0 Å². The SMILES string of the molecule is O=C(COC(=O)c1csc(NCc2ccccc2)n1)NCc1ccco1. The van der Waals surface area contributed by atoms with Gasteiger partial charge in [0.25, 0.3) is 5.91 Å². The Bertz CT molecular complexity index is 846. The highest BCUT2D eigenvalue weighted by Gasteiger charge is 2.14. The number of carbonyl (C=O) groups excluding carboxylic acids is 2. The van der Waals surface area contributed by atoms with Crippen LogP contribution in [0.3, 0.4) is 0 Å². The normalized spacial score (nSPS) is 10.3. The highest BCUT2D eigenvalue weighted by molar-refractivity contribution is 7.13. The van der Waals surface area contributed by atoms with Crippen LogP contribution in [0.4, 0.5) is 5.13 Å². The highest BCUT2D eigenvalue weighted by atomic mass is 32.1. The van der Waals surface area contributed by atoms with E-state index >= 15 is 0 Å². The van der Waals surface area contributed by atoms with Crippen molar-refractivity contribution in [1.82, 2.24) is 10.3 Å². The molecular formula is C18H17N3O4S. The predicted molar refractivity (Wildman–Crippen MR) is 96.7 cm³/mol. The Morgan fingerprint density at radius 1 is 1.12 bits per heavy atom. The molecule has 1 amide bonds. The number of anilines is 1. The lowest BCUT2D eigenvalue weighted by Crippen LogP contribution is -2.28. The molecule has 0 aliphatic heterocycles. The maximum Gasteiger partial charge on any atom is 0.358 e. The molecule has 2 aromatic heterocycles. The summed E-state index contributed by atoms with van der Waals surface area (Å²) in [6.07, 6.45) is 1.52. The van der Waals surface area contributed by atoms with E-state index in [1.165, 1.54) is 17.6 Å². The number of rotatable bonds is 8. The van der Waals surface area contributed by atoms with Crippen molar-refractivity contribution < 1.29 is 18.7 Å². The lowest BCUT2D eigenvalue weighted by molar-refractivity contribution is -0.124. The van der Waals surface area contributed by atoms with Crippen LogP contribution in [0.15, 0.2) is 58.5 Å². The highest BCUT2D eigenvalue weighted by Crippen LogP contribution is 2.17. The van der Waals surface area contributed by atoms with E-state index in [1.807, 2.05) is 30.3 Å². The smallest absolute Gasteiger partial charge is 0.358 e. The second-order valence-corrected chi connectivity index (χ2v) is 6.17. The van der Waals surface area contributed by atoms with Gasteiger partial charge in [0.05, 0.1) is 12.8 Å². The van der Waals surface area contributed by atoms with Gasteiger partial charge in [-0.3, -0.25) is 4.79 Å². The molecule has 3 rings (SSSR count). The third kappa shape index (κ3) is 5.18. The molecule has 3 aromatic rings. The van der Waals surface area contributed by atoms with Crippen molar-refractivity contribution in [2.75, 3.05) is 11.9 Å². The molecule has 7 nitrogen and oxygen atoms in total. The summed E-state index contributed by atoms with van der Waals surface area (Å²) >= 11 is 1.30. The van der Waals surface area contributed by atoms with Crippen LogP contribution in [-0.4, -0.2) is 23.5 Å². The summed E-state index contributed by atoms with van der Waals surface area (Å²) < 4.78 is 10.1. The second kappa shape index (κ2) is 8.82. The molecule has 0 saturated carbocycles. The summed E-state index contributed by atoms with van der Waals surface area (Å²) in [4.78, 5) is 27.8. The minimum Gasteiger partial charge on any atom is -0.467 e. The fraction of sp³-hybridized carbons (Fsp3) is 0.167. The van der Waals surface area contributed by atoms with E-state index < -0.39 is 11.9 Å². The Kier molecular flexibility index (Phi) is 6.00. The van der Waals surface area contributed by atoms with Crippen LogP contribution in [0.1, 0.15) is 21.8 Å². The number of carbonyl (C=O) groups is 2. The second-order valence-electron chi connectivity index (χ2n) is 5.31. The minimum absolute atomic E-state index is 0.171. The van der Waals surface area contributed by atoms with Gasteiger partial charge in [-0.25, -0.2) is 9.78 Å². The first-order valence-electron chi connectivity index (χ1n) is 7.90. The van der Waals surface area contributed by atoms with E-state index in [4.69, 9.17) is 9.15 Å². The van der Waals surface area contributed by atoms with Crippen LogP contribution in [0, 0.1) is 0 Å². The number of amides is 1. The number of nitrogens with one attached hydrogen (secondary N) is 2. The summed E-state index contributed by atoms with van der Waals surface area (Å²) in [5.41, 5.74) is 1.28. The number of esters is 1. The van der Waals surface area contributed by atoms with E-state index in [0.29, 0.717) is 17.4 Å². The number of aromatic nitrogens is 1. The van der Waals surface area contributed by atoms with Gasteiger partial charge in [0.2, 0.25) is 0 Å². The van der Waals surface area contributed by atoms with Gasteiger partial charge >= 0.3 is 5.97 Å². The number of furan rings is 1. The molecule has 1 aromatic carbocycles. The zero-order valence-electron chi connectivity index (χ0n) is 13.8. The van der Waals surface area contributed by atoms with Crippen LogP contribution in [0.2, 0.25) is 0 Å². The molecule has 134 valence electrons. The number of hydrogen-bond donors (Lipinski definition) is 2. The first kappa shape index (κ1) is 17.7. The minimum atomic E-state index is -0.637. The molecule has 0 unspecified atom stereocenters. The Hall–Kier alpha value is -3.13. The van der Waals surface area contributed by atoms with Crippen LogP contribution in [0.5, 0.6) is 0 Å². The Morgan fingerprint density at radius 3 is 2.73 bits per heavy atom. The van der Waals surface area contributed by atoms with Crippen molar-refractivity contribution in [2.24, 2.45) is 0 Å². The van der Waals surface area contributed by atoms with Gasteiger partial charge < -0.3 is 19.8 Å². The molecule has 8 heteroatoms. The standard InChI is InChI=1S/C18H17N3O4S/c22-16(19-10-14-7-4-8-24-14)11-25-17(23)15-12-26-18(21-15)20-9-13-5-2-1-3-6-13/h1-8,12H,9-11H2,(H,19,22)(H,20,21). The van der Waals surface area contributed by atoms with Crippen molar-refractivity contribution in [3.05, 3.63) is 71.1 Å². The van der Waals surface area contributed by atoms with E-state index in [-0.39, 0.29) is 18.8 Å². The third-order valence-electron chi connectivity index (χ3n) is 3.37. The summed E-state index contributed by atoms with van der Waals surface area (Å²) in [7, 11) is 0. The molecule has 0 aliphatic rings. The largest absolute Gasteiger partial charge is 0.467 e. The van der Waals surface area contributed by atoms with Crippen LogP contribution in [0.25, 0.3) is 0 Å². The van der Waals surface area contributed by atoms with Crippen molar-refractivity contribution in [3.8, 4) is 0 Å². The Balaban J connectivity index is 1.42. The maximum atomic E-state index is 12.0. The quantitative estimate of drug-likeness (QED) is 0.592. The molecule has 0 spiro atoms. The van der Waals surface area contributed by atoms with Crippen LogP contribution in [-0.2, 0) is 22.6 Å². The lowest BCUT2D eigenvalue weighted by atomic mass is 10.2. The maximum absolute atomic E-state index is 12.0. The van der Waals surface area contributed by atoms with Crippen LogP contribution < -0.4 is 10.6 Å². The number of nitrogens with zero attached hydrogens (tertiary/aromatic N) is 1. The summed E-state index contributed by atoms with van der Waals surface area (Å²) in [5.74, 6) is -0.423. The Morgan fingerprint density at radius 2 is 1.96 bits per heavy atom. The van der Waals surface area contributed by atoms with Crippen molar-refractivity contribution in [3.63, 3.8) is 0 Å². The fourth-order valence-electron chi connectivity index (χ4n) is 2.08. The Labute approximate surface area is 154 Å². The molecule has 0 fully saturated rings. The molecule has 2 heterocycles. The van der Waals surface area contributed by atoms with Gasteiger partial charge in [0, 0.05) is 11.9 Å². The molecule has 0 atom stereocenters. The first-order chi connectivity index (χ1) is 12.7. The molecule has 0 bridgehead atoms. The van der Waals surface area contributed by atoms with Crippen molar-refractivity contribution in [2.45, 2.75) is 13.1 Å². The number of hydrogen-bond acceptors (Lipinski definition) is 7. The summed E-state index contributed by atoms with van der Waals surface area (Å²) in [6.45, 7) is 0.482. The van der Waals surface area contributed by atoms with Gasteiger partial charge in [-0.05, 0) is 17.7 Å².